The van der Waals surface area contributed by atoms with E-state index in [0.29, 0.717) is 0 Å². The predicted octanol–water partition coefficient (Wildman–Crippen LogP) is 1.72. The van der Waals surface area contributed by atoms with E-state index in [1.54, 1.807) is 0 Å². The van der Waals surface area contributed by atoms with Crippen LogP contribution in [-0.2, 0) is 5.92 Å². The van der Waals surface area contributed by atoms with E-state index in [0.717, 1.165) is 0 Å². The first-order valence-electron chi connectivity index (χ1n) is 3.00. The van der Waals surface area contributed by atoms with Gasteiger partial charge in [-0.2, -0.15) is 26.9 Å². The number of hydrogen-bond acceptors (Lipinski definition) is 3. The molecule has 0 atom stereocenters. The van der Waals surface area contributed by atoms with Gasteiger partial charge in [-0.05, 0) is 0 Å². The van der Waals surface area contributed by atoms with Crippen LogP contribution < -0.4 is 0 Å². The van der Waals surface area contributed by atoms with Gasteiger partial charge < -0.3 is 4.52 Å². The van der Waals surface area contributed by atoms with Crippen molar-refractivity contribution in [3.8, 4) is 0 Å². The lowest BCUT2D eigenvalue weighted by Crippen LogP contribution is -2.33. The van der Waals surface area contributed by atoms with Crippen molar-refractivity contribution in [2.45, 2.75) is 12.1 Å². The Morgan fingerprint density at radius 2 is 1.92 bits per heavy atom. The molecule has 0 amide bonds. The zero-order chi connectivity index (χ0) is 10.3. The largest absolute Gasteiger partial charge is 0.463 e. The van der Waals surface area contributed by atoms with Gasteiger partial charge in [-0.15, -0.1) is 0 Å². The Labute approximate surface area is 63.6 Å². The molecule has 0 N–H and O–H groups in total. The molecule has 1 aromatic heterocycles. The maximum absolute atomic E-state index is 12.3. The first kappa shape index (κ1) is 7.44. The molecule has 3 nitrogen and oxygen atoms in total. The molecule has 1 aromatic rings. The Bertz CT molecular complexity index is 308. The van der Waals surface area contributed by atoms with Crippen LogP contribution in [0.2, 0.25) is 0 Å². The Morgan fingerprint density at radius 1 is 1.33 bits per heavy atom. The normalized spacial score (nSPS) is 14.6. The van der Waals surface area contributed by atoms with E-state index in [1.807, 2.05) is 0 Å². The monoisotopic (exact) mass is 189 g/mol. The maximum atomic E-state index is 12.3. The van der Waals surface area contributed by atoms with Gasteiger partial charge in [0.25, 0.3) is 0 Å². The van der Waals surface area contributed by atoms with Gasteiger partial charge in [0, 0.05) is 0 Å². The van der Waals surface area contributed by atoms with E-state index in [-0.39, 0.29) is 0 Å². The van der Waals surface area contributed by atoms with Gasteiger partial charge in [-0.1, -0.05) is 5.16 Å². The van der Waals surface area contributed by atoms with Gasteiger partial charge in [0.2, 0.25) is 0 Å². The number of aromatic nitrogens is 2. The van der Waals surface area contributed by atoms with Crippen molar-refractivity contribution >= 4 is 0 Å². The van der Waals surface area contributed by atoms with Gasteiger partial charge in [0.05, 0.1) is 0 Å². The summed E-state index contributed by atoms with van der Waals surface area (Å²) in [4.78, 5) is 2.47. The fourth-order valence-corrected chi connectivity index (χ4v) is 0.399. The summed E-state index contributed by atoms with van der Waals surface area (Å²) in [6.45, 7) is 0. The summed E-state index contributed by atoms with van der Waals surface area (Å²) in [7, 11) is 0. The molecule has 0 saturated carbocycles. The summed E-state index contributed by atoms with van der Waals surface area (Å²) in [5, 5.41) is 2.50. The van der Waals surface area contributed by atoms with Crippen LogP contribution in [0.5, 0.6) is 0 Å². The van der Waals surface area contributed by atoms with Crippen LogP contribution in [0.1, 0.15) is 7.26 Å². The molecule has 12 heavy (non-hydrogen) atoms. The van der Waals surface area contributed by atoms with Crippen molar-refractivity contribution in [1.29, 1.82) is 0 Å². The fourth-order valence-electron chi connectivity index (χ4n) is 0.399. The summed E-state index contributed by atoms with van der Waals surface area (Å²) in [5.74, 6) is -7.13. The number of hydrogen-bond donors (Lipinski definition) is 0. The highest BCUT2D eigenvalue weighted by Crippen LogP contribution is 2.42. The van der Waals surface area contributed by atoms with Crippen molar-refractivity contribution < 1.29 is 27.8 Å². The average molecular weight is 189 g/mol. The van der Waals surface area contributed by atoms with Crippen LogP contribution in [0.15, 0.2) is 10.8 Å². The molecular weight excluding hydrogens is 187 g/mol. The van der Waals surface area contributed by atoms with Crippen LogP contribution >= 0.6 is 0 Å². The molecular formula is C4HF5N2O. The summed E-state index contributed by atoms with van der Waals surface area (Å²) < 4.78 is 69.3. The molecule has 0 aliphatic carbocycles. The molecule has 1 rings (SSSR count). The van der Waals surface area contributed by atoms with E-state index in [9.17, 15) is 22.0 Å². The summed E-state index contributed by atoms with van der Waals surface area (Å²) in [5.41, 5.74) is 0. The standard InChI is InChI=1S/C4HF5N2O/c5-3(6,4(7,8)9)2-10-1-11-12-2/h1H/i1D. The highest BCUT2D eigenvalue weighted by atomic mass is 19.4. The van der Waals surface area contributed by atoms with E-state index in [2.05, 4.69) is 14.7 Å². The smallest absolute Gasteiger partial charge is 0.332 e. The quantitative estimate of drug-likeness (QED) is 0.631. The molecule has 1 heterocycles. The Hall–Kier alpha value is -1.21. The summed E-state index contributed by atoms with van der Waals surface area (Å²) in [6.07, 6.45) is -6.83. The zero-order valence-corrected chi connectivity index (χ0v) is 5.19. The third-order valence-electron chi connectivity index (χ3n) is 0.949. The van der Waals surface area contributed by atoms with E-state index in [4.69, 9.17) is 1.37 Å². The van der Waals surface area contributed by atoms with Gasteiger partial charge in [0.15, 0.2) is 6.30 Å². The minimum Gasteiger partial charge on any atom is -0.332 e. The average Bonchev–Trinajstić information content (AvgIpc) is 2.33. The van der Waals surface area contributed by atoms with Crippen molar-refractivity contribution in [3.05, 3.63) is 12.2 Å². The molecule has 0 aliphatic rings. The third kappa shape index (κ3) is 1.23. The highest BCUT2D eigenvalue weighted by molar-refractivity contribution is 4.93. The van der Waals surface area contributed by atoms with Crippen LogP contribution in [0, 0.1) is 0 Å². The number of halogens is 5. The minimum absolute atomic E-state index is 1.03. The number of alkyl halides is 5. The maximum Gasteiger partial charge on any atom is 0.463 e. The van der Waals surface area contributed by atoms with E-state index < -0.39 is 24.3 Å². The zero-order valence-electron chi connectivity index (χ0n) is 6.19. The summed E-state index contributed by atoms with van der Waals surface area (Å²) in [6, 6.07) is 0. The Balaban J connectivity index is 3.07. The molecule has 0 aliphatic heterocycles. The molecule has 0 radical (unpaired) electrons. The van der Waals surface area contributed by atoms with Crippen LogP contribution in [0.4, 0.5) is 22.0 Å². The molecule has 0 aromatic carbocycles. The van der Waals surface area contributed by atoms with Gasteiger partial charge in [0.1, 0.15) is 1.37 Å². The van der Waals surface area contributed by atoms with Crippen molar-refractivity contribution in [1.82, 2.24) is 10.1 Å². The minimum atomic E-state index is -5.80. The Kier molecular flexibility index (Phi) is 1.48. The second-order valence-corrected chi connectivity index (χ2v) is 1.77. The number of nitrogens with zero attached hydrogens (tertiary/aromatic N) is 2. The lowest BCUT2D eigenvalue weighted by Gasteiger charge is -2.14. The van der Waals surface area contributed by atoms with Gasteiger partial charge >= 0.3 is 18.0 Å². The SMILES string of the molecule is [2H]c1noc(C(F)(F)C(F)(F)F)n1. The lowest BCUT2D eigenvalue weighted by molar-refractivity contribution is -0.298. The van der Waals surface area contributed by atoms with Gasteiger partial charge in [-0.3, -0.25) is 0 Å². The van der Waals surface area contributed by atoms with Crippen LogP contribution in [-0.4, -0.2) is 16.3 Å². The van der Waals surface area contributed by atoms with Gasteiger partial charge in [-0.25, -0.2) is 0 Å². The van der Waals surface area contributed by atoms with Crippen molar-refractivity contribution in [3.63, 3.8) is 0 Å². The molecule has 8 heteroatoms. The van der Waals surface area contributed by atoms with Crippen molar-refractivity contribution in [2.24, 2.45) is 0 Å². The van der Waals surface area contributed by atoms with Crippen LogP contribution in [0.25, 0.3) is 0 Å². The first-order chi connectivity index (χ1) is 5.75. The van der Waals surface area contributed by atoms with E-state index >= 15 is 0 Å². The predicted molar refractivity (Wildman–Crippen MR) is 24.2 cm³/mol. The Morgan fingerprint density at radius 3 is 2.25 bits per heavy atom. The second-order valence-electron chi connectivity index (χ2n) is 1.77. The first-order valence-corrected chi connectivity index (χ1v) is 2.50. The summed E-state index contributed by atoms with van der Waals surface area (Å²) >= 11 is 0. The topological polar surface area (TPSA) is 38.9 Å². The second kappa shape index (κ2) is 2.39. The van der Waals surface area contributed by atoms with Crippen molar-refractivity contribution in [2.75, 3.05) is 0 Å². The fraction of sp³-hybridized carbons (Fsp3) is 0.500. The molecule has 68 valence electrons. The molecule has 0 bridgehead atoms. The van der Waals surface area contributed by atoms with E-state index in [1.165, 1.54) is 0 Å². The molecule has 0 spiro atoms. The molecule has 0 unspecified atom stereocenters. The molecule has 0 fully saturated rings. The third-order valence-corrected chi connectivity index (χ3v) is 0.949. The molecule has 0 saturated heterocycles. The lowest BCUT2D eigenvalue weighted by atomic mass is 10.3. The highest BCUT2D eigenvalue weighted by Gasteiger charge is 2.62. The number of rotatable bonds is 1. The van der Waals surface area contributed by atoms with Crippen LogP contribution in [0.3, 0.4) is 0 Å².